The van der Waals surface area contributed by atoms with Crippen molar-refractivity contribution in [2.24, 2.45) is 5.41 Å². The Morgan fingerprint density at radius 3 is 2.56 bits per heavy atom. The number of terminal acetylenes is 1. The van der Waals surface area contributed by atoms with E-state index in [0.717, 1.165) is 0 Å². The SMILES string of the molecule is C#CCOCCOCC(C)(C)CCC(=O)O. The van der Waals surface area contributed by atoms with Crippen LogP contribution in [0.15, 0.2) is 0 Å². The summed E-state index contributed by atoms with van der Waals surface area (Å²) in [6, 6.07) is 0. The molecule has 0 rings (SSSR count). The quantitative estimate of drug-likeness (QED) is 0.480. The van der Waals surface area contributed by atoms with E-state index < -0.39 is 5.97 Å². The molecule has 0 aliphatic carbocycles. The van der Waals surface area contributed by atoms with Crippen molar-refractivity contribution in [2.75, 3.05) is 26.4 Å². The van der Waals surface area contributed by atoms with Crippen molar-refractivity contribution in [3.8, 4) is 12.3 Å². The van der Waals surface area contributed by atoms with Gasteiger partial charge in [0.1, 0.15) is 6.61 Å². The summed E-state index contributed by atoms with van der Waals surface area (Å²) in [7, 11) is 0. The van der Waals surface area contributed by atoms with Crippen LogP contribution < -0.4 is 0 Å². The van der Waals surface area contributed by atoms with Gasteiger partial charge in [-0.15, -0.1) is 6.42 Å². The molecule has 4 heteroatoms. The molecule has 0 saturated carbocycles. The summed E-state index contributed by atoms with van der Waals surface area (Å²) >= 11 is 0. The molecule has 0 spiro atoms. The first-order valence-corrected chi connectivity index (χ1v) is 5.29. The van der Waals surface area contributed by atoms with Gasteiger partial charge in [0.15, 0.2) is 0 Å². The molecule has 0 bridgehead atoms. The summed E-state index contributed by atoms with van der Waals surface area (Å²) in [6.45, 7) is 5.75. The monoisotopic (exact) mass is 228 g/mol. The van der Waals surface area contributed by atoms with Crippen molar-refractivity contribution in [1.29, 1.82) is 0 Å². The summed E-state index contributed by atoms with van der Waals surface area (Å²) in [6.07, 6.45) is 5.78. The van der Waals surface area contributed by atoms with Crippen molar-refractivity contribution in [1.82, 2.24) is 0 Å². The second-order valence-electron chi connectivity index (χ2n) is 4.37. The van der Waals surface area contributed by atoms with Crippen LogP contribution in [0.25, 0.3) is 0 Å². The van der Waals surface area contributed by atoms with E-state index in [1.165, 1.54) is 0 Å². The second-order valence-corrected chi connectivity index (χ2v) is 4.37. The minimum absolute atomic E-state index is 0.121. The van der Waals surface area contributed by atoms with Crippen molar-refractivity contribution in [3.63, 3.8) is 0 Å². The van der Waals surface area contributed by atoms with Gasteiger partial charge in [-0.05, 0) is 11.8 Å². The summed E-state index contributed by atoms with van der Waals surface area (Å²) < 4.78 is 10.4. The van der Waals surface area contributed by atoms with E-state index in [1.54, 1.807) is 0 Å². The molecule has 4 nitrogen and oxygen atoms in total. The standard InChI is InChI=1S/C12H20O4/c1-4-7-15-8-9-16-10-12(2,3)6-5-11(13)14/h1H,5-10H2,2-3H3,(H,13,14). The molecule has 0 atom stereocenters. The second kappa shape index (κ2) is 8.14. The molecule has 0 aromatic heterocycles. The lowest BCUT2D eigenvalue weighted by Gasteiger charge is -2.23. The van der Waals surface area contributed by atoms with E-state index in [2.05, 4.69) is 5.92 Å². The van der Waals surface area contributed by atoms with E-state index in [4.69, 9.17) is 21.0 Å². The minimum atomic E-state index is -0.773. The maximum Gasteiger partial charge on any atom is 0.303 e. The summed E-state index contributed by atoms with van der Waals surface area (Å²) in [4.78, 5) is 10.4. The number of carbonyl (C=O) groups is 1. The Hall–Kier alpha value is -1.05. The van der Waals surface area contributed by atoms with Crippen LogP contribution >= 0.6 is 0 Å². The Balaban J connectivity index is 3.50. The van der Waals surface area contributed by atoms with E-state index in [0.29, 0.717) is 32.8 Å². The number of hydrogen-bond acceptors (Lipinski definition) is 3. The third-order valence-electron chi connectivity index (χ3n) is 2.07. The molecule has 0 heterocycles. The maximum atomic E-state index is 10.4. The number of carboxylic acids is 1. The summed E-state index contributed by atoms with van der Waals surface area (Å²) in [5.74, 6) is 1.59. The van der Waals surface area contributed by atoms with Crippen molar-refractivity contribution >= 4 is 5.97 Å². The van der Waals surface area contributed by atoms with Crippen molar-refractivity contribution in [2.45, 2.75) is 26.7 Å². The minimum Gasteiger partial charge on any atom is -0.481 e. The highest BCUT2D eigenvalue weighted by Gasteiger charge is 2.19. The van der Waals surface area contributed by atoms with Gasteiger partial charge in [-0.3, -0.25) is 4.79 Å². The van der Waals surface area contributed by atoms with Gasteiger partial charge in [-0.1, -0.05) is 19.8 Å². The van der Waals surface area contributed by atoms with Crippen LogP contribution in [0.5, 0.6) is 0 Å². The van der Waals surface area contributed by atoms with Gasteiger partial charge in [0.25, 0.3) is 0 Å². The van der Waals surface area contributed by atoms with Crippen LogP contribution in [0.2, 0.25) is 0 Å². The van der Waals surface area contributed by atoms with Gasteiger partial charge in [-0.2, -0.15) is 0 Å². The lowest BCUT2D eigenvalue weighted by atomic mass is 9.89. The van der Waals surface area contributed by atoms with Crippen LogP contribution in [0.1, 0.15) is 26.7 Å². The van der Waals surface area contributed by atoms with Crippen LogP contribution in [0, 0.1) is 17.8 Å². The molecule has 1 N–H and O–H groups in total. The van der Waals surface area contributed by atoms with Crippen molar-refractivity contribution in [3.05, 3.63) is 0 Å². The van der Waals surface area contributed by atoms with Gasteiger partial charge >= 0.3 is 5.97 Å². The number of rotatable bonds is 9. The fourth-order valence-electron chi connectivity index (χ4n) is 1.11. The van der Waals surface area contributed by atoms with Gasteiger partial charge in [-0.25, -0.2) is 0 Å². The molecular weight excluding hydrogens is 208 g/mol. The molecule has 0 aliphatic rings. The number of hydrogen-bond donors (Lipinski definition) is 1. The average Bonchev–Trinajstić information content (AvgIpc) is 2.21. The fraction of sp³-hybridized carbons (Fsp3) is 0.750. The zero-order valence-electron chi connectivity index (χ0n) is 9.99. The highest BCUT2D eigenvalue weighted by Crippen LogP contribution is 2.22. The number of aliphatic carboxylic acids is 1. The summed E-state index contributed by atoms with van der Waals surface area (Å²) in [5.41, 5.74) is -0.121. The first kappa shape index (κ1) is 14.9. The van der Waals surface area contributed by atoms with Gasteiger partial charge in [0, 0.05) is 6.42 Å². The van der Waals surface area contributed by atoms with Crippen LogP contribution in [-0.4, -0.2) is 37.5 Å². The number of carboxylic acid groups (broad SMARTS) is 1. The lowest BCUT2D eigenvalue weighted by Crippen LogP contribution is -2.22. The van der Waals surface area contributed by atoms with Gasteiger partial charge in [0.05, 0.1) is 19.8 Å². The third kappa shape index (κ3) is 9.50. The molecule has 0 aromatic rings. The average molecular weight is 228 g/mol. The third-order valence-corrected chi connectivity index (χ3v) is 2.07. The number of ether oxygens (including phenoxy) is 2. The van der Waals surface area contributed by atoms with Crippen LogP contribution in [0.3, 0.4) is 0 Å². The summed E-state index contributed by atoms with van der Waals surface area (Å²) in [5, 5.41) is 8.57. The highest BCUT2D eigenvalue weighted by atomic mass is 16.5. The predicted molar refractivity (Wildman–Crippen MR) is 61.1 cm³/mol. The first-order chi connectivity index (χ1) is 7.48. The molecule has 16 heavy (non-hydrogen) atoms. The normalized spacial score (nSPS) is 11.1. The fourth-order valence-corrected chi connectivity index (χ4v) is 1.11. The Labute approximate surface area is 96.9 Å². The molecule has 0 aliphatic heterocycles. The first-order valence-electron chi connectivity index (χ1n) is 5.29. The molecule has 0 unspecified atom stereocenters. The van der Waals surface area contributed by atoms with E-state index in [1.807, 2.05) is 13.8 Å². The maximum absolute atomic E-state index is 10.4. The van der Waals surface area contributed by atoms with Gasteiger partial charge in [0.2, 0.25) is 0 Å². The van der Waals surface area contributed by atoms with Crippen LogP contribution in [0.4, 0.5) is 0 Å². The van der Waals surface area contributed by atoms with E-state index in [9.17, 15) is 4.79 Å². The van der Waals surface area contributed by atoms with Gasteiger partial charge < -0.3 is 14.6 Å². The van der Waals surface area contributed by atoms with E-state index in [-0.39, 0.29) is 11.8 Å². The van der Waals surface area contributed by atoms with Crippen molar-refractivity contribution < 1.29 is 19.4 Å². The topological polar surface area (TPSA) is 55.8 Å². The Bertz CT molecular complexity index is 240. The molecule has 92 valence electrons. The molecular formula is C12H20O4. The zero-order valence-corrected chi connectivity index (χ0v) is 9.99. The smallest absolute Gasteiger partial charge is 0.303 e. The molecule has 0 amide bonds. The molecule has 0 aromatic carbocycles. The lowest BCUT2D eigenvalue weighted by molar-refractivity contribution is -0.137. The highest BCUT2D eigenvalue weighted by molar-refractivity contribution is 5.66. The van der Waals surface area contributed by atoms with E-state index >= 15 is 0 Å². The van der Waals surface area contributed by atoms with Crippen LogP contribution in [-0.2, 0) is 14.3 Å². The molecule has 0 saturated heterocycles. The Morgan fingerprint density at radius 2 is 2.00 bits per heavy atom. The largest absolute Gasteiger partial charge is 0.481 e. The molecule has 0 radical (unpaired) electrons. The predicted octanol–water partition coefficient (Wildman–Crippen LogP) is 1.54. The Morgan fingerprint density at radius 1 is 1.38 bits per heavy atom. The molecule has 0 fully saturated rings. The zero-order chi connectivity index (χ0) is 12.4. The Kier molecular flexibility index (Phi) is 7.61.